The summed E-state index contributed by atoms with van der Waals surface area (Å²) in [4.78, 5) is 0. The molecule has 0 spiro atoms. The zero-order chi connectivity index (χ0) is 9.80. The highest BCUT2D eigenvalue weighted by atomic mass is 28.3. The molecule has 0 N–H and O–H groups in total. The highest BCUT2D eigenvalue weighted by Crippen LogP contribution is 2.11. The van der Waals surface area contributed by atoms with Gasteiger partial charge in [-0.1, -0.05) is 43.3 Å². The average molecular weight is 204 g/mol. The van der Waals surface area contributed by atoms with Crippen molar-refractivity contribution in [1.29, 1.82) is 0 Å². The van der Waals surface area contributed by atoms with Gasteiger partial charge in [-0.3, -0.25) is 0 Å². The van der Waals surface area contributed by atoms with Gasteiger partial charge in [-0.2, -0.15) is 0 Å². The molecule has 1 aliphatic heterocycles. The van der Waals surface area contributed by atoms with Crippen molar-refractivity contribution < 1.29 is 4.43 Å². The average Bonchev–Trinajstić information content (AvgIpc) is 2.30. The minimum absolute atomic E-state index is 0.972. The van der Waals surface area contributed by atoms with Crippen LogP contribution in [0, 0.1) is 0 Å². The van der Waals surface area contributed by atoms with E-state index in [0.29, 0.717) is 0 Å². The summed E-state index contributed by atoms with van der Waals surface area (Å²) in [6.45, 7) is 4.73. The van der Waals surface area contributed by atoms with Crippen LogP contribution in [0.3, 0.4) is 0 Å². The summed E-state index contributed by atoms with van der Waals surface area (Å²) in [6, 6.07) is 9.98. The monoisotopic (exact) mass is 204 g/mol. The van der Waals surface area contributed by atoms with E-state index < -0.39 is 9.04 Å². The molecule has 74 valence electrons. The predicted molar refractivity (Wildman–Crippen MR) is 63.3 cm³/mol. The van der Waals surface area contributed by atoms with Crippen LogP contribution in [-0.2, 0) is 4.43 Å². The molecule has 2 rings (SSSR count). The van der Waals surface area contributed by atoms with Gasteiger partial charge < -0.3 is 4.43 Å². The van der Waals surface area contributed by atoms with Crippen LogP contribution in [-0.4, -0.2) is 15.6 Å². The zero-order valence-corrected chi connectivity index (χ0v) is 9.56. The third-order valence-electron chi connectivity index (χ3n) is 2.72. The van der Waals surface area contributed by atoms with Crippen molar-refractivity contribution in [3.05, 3.63) is 36.4 Å². The molecule has 1 nitrogen and oxygen atoms in total. The Morgan fingerprint density at radius 1 is 1.21 bits per heavy atom. The molecule has 1 saturated heterocycles. The Hall–Kier alpha value is -0.863. The molecule has 0 saturated carbocycles. The van der Waals surface area contributed by atoms with Crippen molar-refractivity contribution in [3.8, 4) is 0 Å². The van der Waals surface area contributed by atoms with E-state index in [2.05, 4.69) is 30.8 Å². The minimum Gasteiger partial charge on any atom is -0.415 e. The Kier molecular flexibility index (Phi) is 3.17. The van der Waals surface area contributed by atoms with Gasteiger partial charge in [0.2, 0.25) is 9.04 Å². The largest absolute Gasteiger partial charge is 0.415 e. The van der Waals surface area contributed by atoms with Crippen LogP contribution in [0.4, 0.5) is 0 Å². The molecule has 1 atom stereocenters. The van der Waals surface area contributed by atoms with E-state index in [1.165, 1.54) is 29.6 Å². The number of hydrogen-bond donors (Lipinski definition) is 0. The third kappa shape index (κ3) is 2.14. The van der Waals surface area contributed by atoms with E-state index in [-0.39, 0.29) is 0 Å². The van der Waals surface area contributed by atoms with Gasteiger partial charge in [-0.05, 0) is 23.2 Å². The highest BCUT2D eigenvalue weighted by Gasteiger charge is 2.17. The van der Waals surface area contributed by atoms with Gasteiger partial charge in [0.15, 0.2) is 0 Å². The maximum atomic E-state index is 5.85. The molecule has 0 bridgehead atoms. The second-order valence-electron chi connectivity index (χ2n) is 3.73. The van der Waals surface area contributed by atoms with Gasteiger partial charge >= 0.3 is 0 Å². The van der Waals surface area contributed by atoms with Gasteiger partial charge in [0.1, 0.15) is 0 Å². The predicted octanol–water partition coefficient (Wildman–Crippen LogP) is 2.07. The van der Waals surface area contributed by atoms with Gasteiger partial charge in [0, 0.05) is 6.61 Å². The Bertz CT molecular complexity index is 299. The van der Waals surface area contributed by atoms with Crippen molar-refractivity contribution >= 4 is 20.3 Å². The van der Waals surface area contributed by atoms with Crippen LogP contribution in [0.5, 0.6) is 0 Å². The van der Waals surface area contributed by atoms with E-state index in [1.54, 1.807) is 0 Å². The fourth-order valence-electron chi connectivity index (χ4n) is 1.85. The molecule has 1 heterocycles. The molecule has 1 unspecified atom stereocenters. The Labute approximate surface area is 87.1 Å². The summed E-state index contributed by atoms with van der Waals surface area (Å²) in [7, 11) is -1.05. The molecule has 0 aromatic heterocycles. The maximum absolute atomic E-state index is 5.85. The molecule has 1 aliphatic rings. The second-order valence-corrected chi connectivity index (χ2v) is 6.28. The third-order valence-corrected chi connectivity index (χ3v) is 5.42. The minimum atomic E-state index is -1.05. The Balaban J connectivity index is 2.11. The molecule has 2 heteroatoms. The van der Waals surface area contributed by atoms with E-state index in [1.807, 2.05) is 6.08 Å². The first-order valence-corrected chi connectivity index (χ1v) is 7.10. The van der Waals surface area contributed by atoms with E-state index in [9.17, 15) is 0 Å². The lowest BCUT2D eigenvalue weighted by atomic mass is 10.2. The fourth-order valence-corrected chi connectivity index (χ4v) is 4.28. The van der Waals surface area contributed by atoms with Crippen molar-refractivity contribution in [2.45, 2.75) is 18.9 Å². The smallest absolute Gasteiger partial charge is 0.208 e. The van der Waals surface area contributed by atoms with Crippen LogP contribution in [0.2, 0.25) is 6.04 Å². The summed E-state index contributed by atoms with van der Waals surface area (Å²) in [5.41, 5.74) is 1.19. The Morgan fingerprint density at radius 2 is 2.00 bits per heavy atom. The fraction of sp³-hybridized carbons (Fsp3) is 0.333. The summed E-state index contributed by atoms with van der Waals surface area (Å²) < 4.78 is 5.85. The maximum Gasteiger partial charge on any atom is 0.208 e. The van der Waals surface area contributed by atoms with Crippen LogP contribution in [0.1, 0.15) is 18.4 Å². The summed E-state index contributed by atoms with van der Waals surface area (Å²) in [5.74, 6) is 0. The van der Waals surface area contributed by atoms with Crippen LogP contribution >= 0.6 is 0 Å². The summed E-state index contributed by atoms with van der Waals surface area (Å²) >= 11 is 0. The van der Waals surface area contributed by atoms with Gasteiger partial charge in [-0.15, -0.1) is 0 Å². The number of hydrogen-bond acceptors (Lipinski definition) is 1. The molecule has 1 aromatic carbocycles. The molecule has 1 aromatic rings. The van der Waals surface area contributed by atoms with Crippen molar-refractivity contribution in [2.75, 3.05) is 6.61 Å². The van der Waals surface area contributed by atoms with Crippen LogP contribution in [0.25, 0.3) is 6.08 Å². The molecule has 0 aliphatic carbocycles. The SMILES string of the molecule is C=Cc1ccc([SiH]2CCCCO2)cc1. The molecule has 14 heavy (non-hydrogen) atoms. The quantitative estimate of drug-likeness (QED) is 0.670. The first kappa shape index (κ1) is 9.68. The van der Waals surface area contributed by atoms with Crippen LogP contribution in [0.15, 0.2) is 30.8 Å². The van der Waals surface area contributed by atoms with Gasteiger partial charge in [0.25, 0.3) is 0 Å². The van der Waals surface area contributed by atoms with E-state index in [4.69, 9.17) is 4.43 Å². The lowest BCUT2D eigenvalue weighted by molar-refractivity contribution is 0.294. The topological polar surface area (TPSA) is 9.23 Å². The lowest BCUT2D eigenvalue weighted by Gasteiger charge is -2.21. The van der Waals surface area contributed by atoms with Crippen molar-refractivity contribution in [1.82, 2.24) is 0 Å². The van der Waals surface area contributed by atoms with E-state index >= 15 is 0 Å². The van der Waals surface area contributed by atoms with Crippen molar-refractivity contribution in [3.63, 3.8) is 0 Å². The lowest BCUT2D eigenvalue weighted by Crippen LogP contribution is -2.36. The molecular weight excluding hydrogens is 188 g/mol. The first-order valence-electron chi connectivity index (χ1n) is 5.24. The van der Waals surface area contributed by atoms with Crippen LogP contribution < -0.4 is 5.19 Å². The molecule has 0 radical (unpaired) electrons. The molecule has 0 amide bonds. The number of rotatable bonds is 2. The van der Waals surface area contributed by atoms with Crippen molar-refractivity contribution in [2.24, 2.45) is 0 Å². The molecule has 1 fully saturated rings. The van der Waals surface area contributed by atoms with E-state index in [0.717, 1.165) is 6.61 Å². The normalized spacial score (nSPS) is 21.9. The Morgan fingerprint density at radius 3 is 2.57 bits per heavy atom. The standard InChI is InChI=1S/C12H16OSi/c1-2-11-5-7-12(8-6-11)14-10-4-3-9-13-14/h2,5-8,14H,1,3-4,9-10H2. The summed E-state index contributed by atoms with van der Waals surface area (Å²) in [6.07, 6.45) is 4.47. The second kappa shape index (κ2) is 4.58. The summed E-state index contributed by atoms with van der Waals surface area (Å²) in [5, 5.41) is 1.44. The number of benzene rings is 1. The zero-order valence-electron chi connectivity index (χ0n) is 8.41. The first-order chi connectivity index (χ1) is 6.90. The van der Waals surface area contributed by atoms with Gasteiger partial charge in [0.05, 0.1) is 0 Å². The molecular formula is C12H16OSi. The van der Waals surface area contributed by atoms with Gasteiger partial charge in [-0.25, -0.2) is 0 Å². The highest BCUT2D eigenvalue weighted by molar-refractivity contribution is 6.67.